The summed E-state index contributed by atoms with van der Waals surface area (Å²) < 4.78 is 24.9. The summed E-state index contributed by atoms with van der Waals surface area (Å²) in [6.45, 7) is 8.19. The number of carbonyl (C=O) groups is 1. The highest BCUT2D eigenvalue weighted by molar-refractivity contribution is 7.89. The van der Waals surface area contributed by atoms with Gasteiger partial charge in [-0.25, -0.2) is 17.9 Å². The summed E-state index contributed by atoms with van der Waals surface area (Å²) in [4.78, 5) is 13.9. The topological polar surface area (TPSA) is 90.5 Å². The standard InChI is InChI=1S/C16H28N4O3S/c1-4-20(15-8-6-7-14(3)13-15)12-11-18-16(21)17-9-10-19-24(22,23)5-2/h6-8,13,19H,4-5,9-12H2,1-3H3,(H2,17,18,21). The minimum atomic E-state index is -3.21. The van der Waals surface area contributed by atoms with Crippen molar-refractivity contribution < 1.29 is 13.2 Å². The van der Waals surface area contributed by atoms with Gasteiger partial charge in [-0.05, 0) is 38.5 Å². The van der Waals surface area contributed by atoms with E-state index in [1.165, 1.54) is 5.56 Å². The first kappa shape index (κ1) is 20.2. The van der Waals surface area contributed by atoms with Crippen molar-refractivity contribution in [3.05, 3.63) is 29.8 Å². The third-order valence-electron chi connectivity index (χ3n) is 3.53. The lowest BCUT2D eigenvalue weighted by Crippen LogP contribution is -2.43. The zero-order valence-electron chi connectivity index (χ0n) is 14.6. The molecule has 0 aromatic heterocycles. The Kier molecular flexibility index (Phi) is 8.56. The third kappa shape index (κ3) is 7.65. The second kappa shape index (κ2) is 10.1. The van der Waals surface area contributed by atoms with Crippen LogP contribution in [0.2, 0.25) is 0 Å². The summed E-state index contributed by atoms with van der Waals surface area (Å²) in [7, 11) is -3.21. The van der Waals surface area contributed by atoms with Gasteiger partial charge in [-0.15, -0.1) is 0 Å². The van der Waals surface area contributed by atoms with Crippen molar-refractivity contribution in [2.75, 3.05) is 43.4 Å². The number of sulfonamides is 1. The molecular formula is C16H28N4O3S. The van der Waals surface area contributed by atoms with E-state index in [1.807, 2.05) is 6.07 Å². The van der Waals surface area contributed by atoms with Crippen LogP contribution >= 0.6 is 0 Å². The van der Waals surface area contributed by atoms with Crippen molar-refractivity contribution >= 4 is 21.7 Å². The van der Waals surface area contributed by atoms with Crippen molar-refractivity contribution in [1.29, 1.82) is 0 Å². The van der Waals surface area contributed by atoms with E-state index in [2.05, 4.69) is 52.3 Å². The fourth-order valence-corrected chi connectivity index (χ4v) is 2.76. The fraction of sp³-hybridized carbons (Fsp3) is 0.562. The van der Waals surface area contributed by atoms with E-state index in [1.54, 1.807) is 6.92 Å². The van der Waals surface area contributed by atoms with Crippen molar-refractivity contribution in [2.24, 2.45) is 0 Å². The molecule has 0 bridgehead atoms. The Morgan fingerprint density at radius 3 is 2.46 bits per heavy atom. The highest BCUT2D eigenvalue weighted by Gasteiger charge is 2.07. The monoisotopic (exact) mass is 356 g/mol. The Hall–Kier alpha value is -1.80. The minimum Gasteiger partial charge on any atom is -0.370 e. The first-order valence-corrected chi connectivity index (χ1v) is 9.83. The molecule has 0 saturated carbocycles. The molecule has 0 aliphatic carbocycles. The highest BCUT2D eigenvalue weighted by atomic mass is 32.2. The molecule has 24 heavy (non-hydrogen) atoms. The average Bonchev–Trinajstić information content (AvgIpc) is 2.55. The predicted octanol–water partition coefficient (Wildman–Crippen LogP) is 1.06. The van der Waals surface area contributed by atoms with Crippen LogP contribution < -0.4 is 20.3 Å². The van der Waals surface area contributed by atoms with Crippen molar-refractivity contribution in [1.82, 2.24) is 15.4 Å². The molecule has 0 saturated heterocycles. The van der Waals surface area contributed by atoms with Gasteiger partial charge in [0.1, 0.15) is 0 Å². The van der Waals surface area contributed by atoms with Gasteiger partial charge in [-0.3, -0.25) is 0 Å². The van der Waals surface area contributed by atoms with Crippen LogP contribution in [0.4, 0.5) is 10.5 Å². The first-order valence-electron chi connectivity index (χ1n) is 8.18. The van der Waals surface area contributed by atoms with Gasteiger partial charge < -0.3 is 15.5 Å². The van der Waals surface area contributed by atoms with E-state index in [0.717, 1.165) is 12.2 Å². The Bertz CT molecular complexity index is 620. The van der Waals surface area contributed by atoms with Crippen LogP contribution in [0.3, 0.4) is 0 Å². The summed E-state index contributed by atoms with van der Waals surface area (Å²) in [5.41, 5.74) is 2.33. The molecule has 3 N–H and O–H groups in total. The minimum absolute atomic E-state index is 0.0327. The molecule has 0 heterocycles. The number of hydrogen-bond acceptors (Lipinski definition) is 4. The maximum absolute atomic E-state index is 11.7. The molecule has 1 aromatic carbocycles. The van der Waals surface area contributed by atoms with E-state index >= 15 is 0 Å². The summed E-state index contributed by atoms with van der Waals surface area (Å²) in [5.74, 6) is 0.0327. The molecule has 0 unspecified atom stereocenters. The largest absolute Gasteiger partial charge is 0.370 e. The number of rotatable bonds is 10. The van der Waals surface area contributed by atoms with Crippen LogP contribution in [0.25, 0.3) is 0 Å². The van der Waals surface area contributed by atoms with Gasteiger partial charge in [-0.2, -0.15) is 0 Å². The molecule has 0 radical (unpaired) electrons. The molecular weight excluding hydrogens is 328 g/mol. The van der Waals surface area contributed by atoms with E-state index in [4.69, 9.17) is 0 Å². The van der Waals surface area contributed by atoms with Crippen LogP contribution in [0.15, 0.2) is 24.3 Å². The zero-order valence-corrected chi connectivity index (χ0v) is 15.4. The lowest BCUT2D eigenvalue weighted by molar-refractivity contribution is 0.241. The smallest absolute Gasteiger partial charge is 0.314 e. The van der Waals surface area contributed by atoms with Crippen molar-refractivity contribution in [2.45, 2.75) is 20.8 Å². The molecule has 0 atom stereocenters. The molecule has 7 nitrogen and oxygen atoms in total. The number of nitrogens with zero attached hydrogens (tertiary/aromatic N) is 1. The molecule has 136 valence electrons. The number of likely N-dealkylation sites (N-methyl/N-ethyl adjacent to an activating group) is 1. The summed E-state index contributed by atoms with van der Waals surface area (Å²) >= 11 is 0. The first-order chi connectivity index (χ1) is 11.4. The fourth-order valence-electron chi connectivity index (χ4n) is 2.15. The molecule has 2 amide bonds. The lowest BCUT2D eigenvalue weighted by atomic mass is 10.2. The van der Waals surface area contributed by atoms with E-state index < -0.39 is 10.0 Å². The lowest BCUT2D eigenvalue weighted by Gasteiger charge is -2.23. The number of hydrogen-bond donors (Lipinski definition) is 3. The van der Waals surface area contributed by atoms with Gasteiger partial charge in [0.25, 0.3) is 0 Å². The Morgan fingerprint density at radius 1 is 1.12 bits per heavy atom. The number of urea groups is 1. The Balaban J connectivity index is 2.26. The molecule has 0 spiro atoms. The zero-order chi connectivity index (χ0) is 18.0. The predicted molar refractivity (Wildman–Crippen MR) is 97.9 cm³/mol. The maximum Gasteiger partial charge on any atom is 0.314 e. The second-order valence-electron chi connectivity index (χ2n) is 5.40. The average molecular weight is 356 g/mol. The van der Waals surface area contributed by atoms with E-state index in [9.17, 15) is 13.2 Å². The second-order valence-corrected chi connectivity index (χ2v) is 7.49. The van der Waals surface area contributed by atoms with Crippen LogP contribution in [-0.2, 0) is 10.0 Å². The number of amides is 2. The highest BCUT2D eigenvalue weighted by Crippen LogP contribution is 2.14. The molecule has 1 rings (SSSR count). The summed E-state index contributed by atoms with van der Waals surface area (Å²) in [6.07, 6.45) is 0. The van der Waals surface area contributed by atoms with Gasteiger partial charge in [0, 0.05) is 38.4 Å². The van der Waals surface area contributed by atoms with Gasteiger partial charge in [0.2, 0.25) is 10.0 Å². The Morgan fingerprint density at radius 2 is 1.83 bits per heavy atom. The maximum atomic E-state index is 11.7. The number of aryl methyl sites for hydroxylation is 1. The van der Waals surface area contributed by atoms with Gasteiger partial charge in [0.05, 0.1) is 5.75 Å². The SMILES string of the molecule is CCN(CCNC(=O)NCCNS(=O)(=O)CC)c1cccc(C)c1. The van der Waals surface area contributed by atoms with Crippen LogP contribution in [0, 0.1) is 6.92 Å². The molecule has 0 aliphatic heterocycles. The molecule has 1 aromatic rings. The van der Waals surface area contributed by atoms with Crippen molar-refractivity contribution in [3.63, 3.8) is 0 Å². The third-order valence-corrected chi connectivity index (χ3v) is 4.93. The summed E-state index contributed by atoms with van der Waals surface area (Å²) in [6, 6.07) is 7.94. The molecule has 0 fully saturated rings. The van der Waals surface area contributed by atoms with Crippen LogP contribution in [0.5, 0.6) is 0 Å². The van der Waals surface area contributed by atoms with Crippen LogP contribution in [0.1, 0.15) is 19.4 Å². The van der Waals surface area contributed by atoms with E-state index in [-0.39, 0.29) is 24.9 Å². The quantitative estimate of drug-likeness (QED) is 0.547. The van der Waals surface area contributed by atoms with Gasteiger partial charge in [-0.1, -0.05) is 12.1 Å². The van der Waals surface area contributed by atoms with E-state index in [0.29, 0.717) is 13.1 Å². The number of anilines is 1. The number of carbonyl (C=O) groups excluding carboxylic acids is 1. The van der Waals surface area contributed by atoms with Gasteiger partial charge in [0.15, 0.2) is 0 Å². The molecule has 8 heteroatoms. The number of benzene rings is 1. The van der Waals surface area contributed by atoms with Crippen LogP contribution in [-0.4, -0.2) is 52.9 Å². The van der Waals surface area contributed by atoms with Crippen molar-refractivity contribution in [3.8, 4) is 0 Å². The Labute approximate surface area is 144 Å². The summed E-state index contributed by atoms with van der Waals surface area (Å²) in [5, 5.41) is 5.40. The number of nitrogens with one attached hydrogen (secondary N) is 3. The molecule has 0 aliphatic rings. The van der Waals surface area contributed by atoms with Gasteiger partial charge >= 0.3 is 6.03 Å². The normalized spacial score (nSPS) is 11.1.